The molecule has 0 spiro atoms. The first-order chi connectivity index (χ1) is 17.0. The van der Waals surface area contributed by atoms with Crippen molar-refractivity contribution >= 4 is 23.5 Å². The molecule has 4 rings (SSSR count). The van der Waals surface area contributed by atoms with E-state index in [0.29, 0.717) is 55.9 Å². The van der Waals surface area contributed by atoms with Crippen LogP contribution in [0.25, 0.3) is 0 Å². The van der Waals surface area contributed by atoms with Gasteiger partial charge in [-0.05, 0) is 68.0 Å². The normalized spacial score (nSPS) is 14.0. The van der Waals surface area contributed by atoms with Crippen molar-refractivity contribution in [1.82, 2.24) is 4.90 Å². The number of nitrogens with zero attached hydrogens (tertiary/aromatic N) is 2. The van der Waals surface area contributed by atoms with Crippen molar-refractivity contribution in [2.24, 2.45) is 0 Å². The maximum absolute atomic E-state index is 12.8. The number of ketones is 1. The van der Waals surface area contributed by atoms with Gasteiger partial charge < -0.3 is 24.4 Å². The molecule has 1 N–H and O–H groups in total. The summed E-state index contributed by atoms with van der Waals surface area (Å²) in [4.78, 5) is 39.9. The zero-order chi connectivity index (χ0) is 24.8. The summed E-state index contributed by atoms with van der Waals surface area (Å²) in [5.41, 5.74) is 3.72. The predicted molar refractivity (Wildman–Crippen MR) is 132 cm³/mol. The highest BCUT2D eigenvalue weighted by atomic mass is 16.5. The molecule has 2 aliphatic rings. The van der Waals surface area contributed by atoms with Crippen LogP contribution in [0.15, 0.2) is 36.4 Å². The fourth-order valence-electron chi connectivity index (χ4n) is 4.79. The summed E-state index contributed by atoms with van der Waals surface area (Å²) in [5.74, 6) is 1.37. The van der Waals surface area contributed by atoms with E-state index in [0.717, 1.165) is 36.2 Å². The lowest BCUT2D eigenvalue weighted by atomic mass is 9.94. The van der Waals surface area contributed by atoms with E-state index in [-0.39, 0.29) is 24.8 Å². The number of hydrogen-bond acceptors (Lipinski definition) is 5. The van der Waals surface area contributed by atoms with Crippen LogP contribution in [0, 0.1) is 0 Å². The molecule has 8 heteroatoms. The van der Waals surface area contributed by atoms with E-state index in [2.05, 4.69) is 0 Å². The summed E-state index contributed by atoms with van der Waals surface area (Å²) in [6.07, 6.45) is 2.69. The minimum Gasteiger partial charge on any atom is -0.490 e. The van der Waals surface area contributed by atoms with Gasteiger partial charge in [0.15, 0.2) is 17.3 Å². The van der Waals surface area contributed by atoms with Crippen molar-refractivity contribution in [1.29, 1.82) is 0 Å². The number of rotatable bonds is 12. The highest BCUT2D eigenvalue weighted by molar-refractivity contribution is 6.05. The van der Waals surface area contributed by atoms with Gasteiger partial charge in [0.2, 0.25) is 5.91 Å². The van der Waals surface area contributed by atoms with Crippen LogP contribution >= 0.6 is 0 Å². The lowest BCUT2D eigenvalue weighted by Crippen LogP contribution is -2.34. The molecule has 0 aromatic heterocycles. The van der Waals surface area contributed by atoms with E-state index < -0.39 is 6.09 Å². The van der Waals surface area contributed by atoms with Crippen molar-refractivity contribution < 1.29 is 29.0 Å². The standard InChI is InChI=1S/C27H32N2O6/c1-2-34-23-10-3-4-11-24(23)35-15-14-28(27(32)33)12-6-5-9-22(30)20-16-19-8-7-13-29-25(31)18-21(17-20)26(19)29/h3-4,10-11,16-17H,2,5-9,12-15,18H2,1H3,(H,32,33). The molecule has 0 aliphatic carbocycles. The maximum Gasteiger partial charge on any atom is 0.407 e. The Labute approximate surface area is 205 Å². The van der Waals surface area contributed by atoms with Gasteiger partial charge in [-0.2, -0.15) is 0 Å². The first-order valence-corrected chi connectivity index (χ1v) is 12.3. The number of carbonyl (C=O) groups excluding carboxylic acids is 2. The largest absolute Gasteiger partial charge is 0.490 e. The number of benzene rings is 2. The second-order valence-electron chi connectivity index (χ2n) is 8.85. The molecule has 8 nitrogen and oxygen atoms in total. The minimum atomic E-state index is -1.01. The summed E-state index contributed by atoms with van der Waals surface area (Å²) in [6.45, 7) is 3.94. The van der Waals surface area contributed by atoms with Gasteiger partial charge in [0.05, 0.1) is 25.3 Å². The number of ether oxygens (including phenoxy) is 2. The van der Waals surface area contributed by atoms with Gasteiger partial charge in [-0.1, -0.05) is 12.1 Å². The van der Waals surface area contributed by atoms with E-state index in [4.69, 9.17) is 9.47 Å². The average molecular weight is 481 g/mol. The first-order valence-electron chi connectivity index (χ1n) is 12.3. The Morgan fingerprint density at radius 3 is 2.54 bits per heavy atom. The number of carboxylic acid groups (broad SMARTS) is 1. The van der Waals surface area contributed by atoms with E-state index in [1.54, 1.807) is 6.07 Å². The van der Waals surface area contributed by atoms with Crippen LogP contribution in [-0.2, 0) is 17.6 Å². The van der Waals surface area contributed by atoms with Crippen LogP contribution < -0.4 is 14.4 Å². The Hall–Kier alpha value is -3.55. The summed E-state index contributed by atoms with van der Waals surface area (Å²) >= 11 is 0. The number of amides is 2. The molecule has 0 atom stereocenters. The zero-order valence-corrected chi connectivity index (χ0v) is 20.1. The lowest BCUT2D eigenvalue weighted by molar-refractivity contribution is -0.117. The van der Waals surface area contributed by atoms with Gasteiger partial charge in [0.25, 0.3) is 0 Å². The summed E-state index contributed by atoms with van der Waals surface area (Å²) in [7, 11) is 0. The molecule has 2 amide bonds. The van der Waals surface area contributed by atoms with Crippen molar-refractivity contribution in [2.75, 3.05) is 37.7 Å². The maximum atomic E-state index is 12.8. The molecule has 2 heterocycles. The molecule has 2 aliphatic heterocycles. The summed E-state index contributed by atoms with van der Waals surface area (Å²) in [6, 6.07) is 11.1. The first kappa shape index (κ1) is 24.6. The number of Topliss-reactive ketones (excluding diaryl/α,β-unsaturated/α-hetero) is 1. The number of hydrogen-bond donors (Lipinski definition) is 1. The van der Waals surface area contributed by atoms with Gasteiger partial charge in [-0.25, -0.2) is 4.79 Å². The quantitative estimate of drug-likeness (QED) is 0.359. The van der Waals surface area contributed by atoms with Crippen LogP contribution in [0.3, 0.4) is 0 Å². The molecule has 0 fully saturated rings. The van der Waals surface area contributed by atoms with E-state index >= 15 is 0 Å². The monoisotopic (exact) mass is 480 g/mol. The van der Waals surface area contributed by atoms with Crippen molar-refractivity contribution in [2.45, 2.75) is 45.4 Å². The second-order valence-corrected chi connectivity index (χ2v) is 8.85. The Morgan fingerprint density at radius 1 is 1.06 bits per heavy atom. The molecule has 186 valence electrons. The topological polar surface area (TPSA) is 96.4 Å². The molecular formula is C27H32N2O6. The minimum absolute atomic E-state index is 0.0401. The van der Waals surface area contributed by atoms with Crippen LogP contribution in [0.1, 0.15) is 54.1 Å². The van der Waals surface area contributed by atoms with Gasteiger partial charge >= 0.3 is 6.09 Å². The zero-order valence-electron chi connectivity index (χ0n) is 20.1. The smallest absolute Gasteiger partial charge is 0.407 e. The highest BCUT2D eigenvalue weighted by Crippen LogP contribution is 2.37. The van der Waals surface area contributed by atoms with Gasteiger partial charge in [-0.3, -0.25) is 9.59 Å². The molecule has 0 radical (unpaired) electrons. The predicted octanol–water partition coefficient (Wildman–Crippen LogP) is 4.33. The number of anilines is 1. The molecule has 2 aromatic rings. The second kappa shape index (κ2) is 11.3. The Kier molecular flexibility index (Phi) is 7.90. The molecule has 0 saturated heterocycles. The van der Waals surface area contributed by atoms with Crippen molar-refractivity contribution in [3.63, 3.8) is 0 Å². The van der Waals surface area contributed by atoms with Crippen molar-refractivity contribution in [3.05, 3.63) is 53.1 Å². The third-order valence-corrected chi connectivity index (χ3v) is 6.45. The van der Waals surface area contributed by atoms with E-state index in [1.165, 1.54) is 4.90 Å². The molecule has 35 heavy (non-hydrogen) atoms. The number of para-hydroxylation sites is 2. The summed E-state index contributed by atoms with van der Waals surface area (Å²) < 4.78 is 11.3. The van der Waals surface area contributed by atoms with Crippen LogP contribution in [0.5, 0.6) is 11.5 Å². The number of aryl methyl sites for hydroxylation is 1. The van der Waals surface area contributed by atoms with Crippen LogP contribution in [-0.4, -0.2) is 60.6 Å². The van der Waals surface area contributed by atoms with E-state index in [1.807, 2.05) is 42.2 Å². The SMILES string of the molecule is CCOc1ccccc1OCCN(CCCCC(=O)c1cc2c3c(c1)CC(=O)N3CCC2)C(=O)O. The third kappa shape index (κ3) is 5.75. The number of unbranched alkanes of at least 4 members (excludes halogenated alkanes) is 1. The van der Waals surface area contributed by atoms with Crippen LogP contribution in [0.4, 0.5) is 10.5 Å². The lowest BCUT2D eigenvalue weighted by Gasteiger charge is -2.25. The molecule has 0 saturated carbocycles. The Balaban J connectivity index is 1.25. The highest BCUT2D eigenvalue weighted by Gasteiger charge is 2.32. The third-order valence-electron chi connectivity index (χ3n) is 6.45. The Bertz CT molecular complexity index is 1100. The fourth-order valence-corrected chi connectivity index (χ4v) is 4.79. The average Bonchev–Trinajstić information content (AvgIpc) is 3.18. The van der Waals surface area contributed by atoms with Gasteiger partial charge in [-0.15, -0.1) is 0 Å². The molecular weight excluding hydrogens is 448 g/mol. The molecule has 2 aromatic carbocycles. The molecule has 0 unspecified atom stereocenters. The Morgan fingerprint density at radius 2 is 1.80 bits per heavy atom. The van der Waals surface area contributed by atoms with E-state index in [9.17, 15) is 19.5 Å². The summed E-state index contributed by atoms with van der Waals surface area (Å²) in [5, 5.41) is 9.54. The van der Waals surface area contributed by atoms with Crippen molar-refractivity contribution in [3.8, 4) is 11.5 Å². The molecule has 0 bridgehead atoms. The van der Waals surface area contributed by atoms with Gasteiger partial charge in [0.1, 0.15) is 6.61 Å². The number of carbonyl (C=O) groups is 3. The van der Waals surface area contributed by atoms with Gasteiger partial charge in [0, 0.05) is 25.1 Å². The van der Waals surface area contributed by atoms with Crippen LogP contribution in [0.2, 0.25) is 0 Å². The fraction of sp³-hybridized carbons (Fsp3) is 0.444.